The number of rotatable bonds is 17. The van der Waals surface area contributed by atoms with E-state index in [1.807, 2.05) is 24.3 Å². The van der Waals surface area contributed by atoms with Gasteiger partial charge >= 0.3 is 39.9 Å². The third kappa shape index (κ3) is 19.3. The predicted octanol–water partition coefficient (Wildman–Crippen LogP) is -4.50. The zero-order chi connectivity index (χ0) is 32.2. The number of carboxylic acids is 2. The average Bonchev–Trinajstić information content (AvgIpc) is 2.96. The number of unbranched alkanes of at least 4 members (excludes halogenated alkanes) is 1. The topological polar surface area (TPSA) is 213 Å². The molecule has 16 heteroatoms. The molecule has 2 rings (SSSR count). The van der Waals surface area contributed by atoms with E-state index in [0.717, 1.165) is 55.9 Å². The van der Waals surface area contributed by atoms with Crippen LogP contribution in [0.15, 0.2) is 24.3 Å². The molecule has 1 heterocycles. The number of hydrogen-bond donors (Lipinski definition) is 4. The Morgan fingerprint density at radius 1 is 0.667 bits per heavy atom. The molecule has 1 radical (unpaired) electrons. The Balaban J connectivity index is 0.0000101. The number of nitrogens with one attached hydrogen (secondary N) is 3. The normalized spacial score (nSPS) is 15.8. The van der Waals surface area contributed by atoms with Crippen molar-refractivity contribution in [1.82, 2.24) is 30.2 Å². The zero-order valence-corrected chi connectivity index (χ0v) is 28.1. The molecule has 0 spiro atoms. The SMILES string of the molecule is NCCCCNCCCNCc1ccc(NC(=O)CN2CCN(CC(=O)[O-])CCN(CC(=O)[O-])CCN(C(=O)[O-])CC2)cc1.[Gd+3]. The number of amides is 2. The number of nitrogens with two attached hydrogens (primary N) is 1. The summed E-state index contributed by atoms with van der Waals surface area (Å²) in [5, 5.41) is 43.8. The van der Waals surface area contributed by atoms with Crippen LogP contribution in [-0.4, -0.2) is 142 Å². The fourth-order valence-corrected chi connectivity index (χ4v) is 4.76. The van der Waals surface area contributed by atoms with Gasteiger partial charge in [0.05, 0.1) is 18.5 Å². The Bertz CT molecular complexity index is 1020. The van der Waals surface area contributed by atoms with Crippen molar-refractivity contribution >= 4 is 29.6 Å². The van der Waals surface area contributed by atoms with Gasteiger partial charge in [-0.25, -0.2) is 0 Å². The number of aliphatic carboxylic acids is 2. The molecule has 5 N–H and O–H groups in total. The van der Waals surface area contributed by atoms with Crippen LogP contribution in [0.5, 0.6) is 0 Å². The van der Waals surface area contributed by atoms with Crippen molar-refractivity contribution in [3.63, 3.8) is 0 Å². The monoisotopic (exact) mass is 777 g/mol. The van der Waals surface area contributed by atoms with E-state index in [1.54, 1.807) is 9.80 Å². The Morgan fingerprint density at radius 3 is 1.67 bits per heavy atom. The fourth-order valence-electron chi connectivity index (χ4n) is 4.76. The molecule has 0 saturated carbocycles. The molecule has 45 heavy (non-hydrogen) atoms. The van der Waals surface area contributed by atoms with E-state index < -0.39 is 24.6 Å². The van der Waals surface area contributed by atoms with Crippen molar-refractivity contribution in [2.24, 2.45) is 5.73 Å². The minimum atomic E-state index is -1.40. The van der Waals surface area contributed by atoms with Gasteiger partial charge in [-0.1, -0.05) is 12.1 Å². The molecule has 1 aromatic rings. The molecule has 1 aliphatic heterocycles. The maximum absolute atomic E-state index is 12.9. The fraction of sp³-hybridized carbons (Fsp3) is 0.655. The summed E-state index contributed by atoms with van der Waals surface area (Å²) >= 11 is 0. The van der Waals surface area contributed by atoms with E-state index in [-0.39, 0.29) is 111 Å². The van der Waals surface area contributed by atoms with Crippen molar-refractivity contribution in [1.29, 1.82) is 0 Å². The quantitative estimate of drug-likeness (QED) is 0.110. The molecule has 0 aliphatic carbocycles. The van der Waals surface area contributed by atoms with Crippen LogP contribution >= 0.6 is 0 Å². The van der Waals surface area contributed by atoms with E-state index in [4.69, 9.17) is 5.73 Å². The van der Waals surface area contributed by atoms with E-state index in [9.17, 15) is 34.5 Å². The predicted molar refractivity (Wildman–Crippen MR) is 159 cm³/mol. The summed E-state index contributed by atoms with van der Waals surface area (Å²) < 4.78 is 0. The first-order valence-corrected chi connectivity index (χ1v) is 15.2. The van der Waals surface area contributed by atoms with Gasteiger partial charge in [0, 0.05) is 77.7 Å². The summed E-state index contributed by atoms with van der Waals surface area (Å²) in [5.41, 5.74) is 7.19. The third-order valence-corrected chi connectivity index (χ3v) is 7.25. The molecule has 1 saturated heterocycles. The minimum Gasteiger partial charge on any atom is -0.549 e. The van der Waals surface area contributed by atoms with Gasteiger partial charge in [0.1, 0.15) is 6.09 Å². The number of carbonyl (C=O) groups excluding carboxylic acids is 4. The van der Waals surface area contributed by atoms with Gasteiger partial charge in [-0.3, -0.25) is 19.5 Å². The summed E-state index contributed by atoms with van der Waals surface area (Å²) in [7, 11) is 0. The van der Waals surface area contributed by atoms with Crippen LogP contribution < -0.4 is 37.0 Å². The molecule has 2 amide bonds. The van der Waals surface area contributed by atoms with Crippen molar-refractivity contribution in [2.45, 2.75) is 25.8 Å². The van der Waals surface area contributed by atoms with E-state index in [1.165, 1.54) is 4.90 Å². The second-order valence-corrected chi connectivity index (χ2v) is 10.8. The molecule has 253 valence electrons. The summed E-state index contributed by atoms with van der Waals surface area (Å²) in [4.78, 5) is 53.0. The molecular formula is C29H47GdN8O7. The Morgan fingerprint density at radius 2 is 1.16 bits per heavy atom. The van der Waals surface area contributed by atoms with Gasteiger partial charge in [0.15, 0.2) is 0 Å². The number of anilines is 1. The second-order valence-electron chi connectivity index (χ2n) is 10.8. The summed E-state index contributed by atoms with van der Waals surface area (Å²) in [5.74, 6) is -2.89. The minimum absolute atomic E-state index is 0. The Hall–Kier alpha value is -2.02. The van der Waals surface area contributed by atoms with Crippen molar-refractivity contribution in [3.8, 4) is 0 Å². The van der Waals surface area contributed by atoms with E-state index >= 15 is 0 Å². The molecule has 0 bridgehead atoms. The first-order valence-electron chi connectivity index (χ1n) is 15.2. The van der Waals surface area contributed by atoms with Crippen LogP contribution in [0.1, 0.15) is 24.8 Å². The van der Waals surface area contributed by atoms with Gasteiger partial charge in [-0.15, -0.1) is 0 Å². The van der Waals surface area contributed by atoms with Crippen LogP contribution in [0.25, 0.3) is 0 Å². The maximum atomic E-state index is 12.9. The summed E-state index contributed by atoms with van der Waals surface area (Å²) in [6.07, 6.45) is 1.73. The number of carboxylic acid groups (broad SMARTS) is 3. The Labute approximate surface area is 297 Å². The summed E-state index contributed by atoms with van der Waals surface area (Å²) in [6.45, 7) is 4.63. The van der Waals surface area contributed by atoms with Crippen LogP contribution in [0.2, 0.25) is 0 Å². The van der Waals surface area contributed by atoms with Crippen molar-refractivity contribution < 1.29 is 74.4 Å². The number of hydrogen-bond acceptors (Lipinski definition) is 13. The van der Waals surface area contributed by atoms with Gasteiger partial charge in [-0.05, 0) is 63.1 Å². The maximum Gasteiger partial charge on any atom is 3.00 e. The molecule has 1 aromatic carbocycles. The van der Waals surface area contributed by atoms with Gasteiger partial charge < -0.3 is 56.3 Å². The summed E-state index contributed by atoms with van der Waals surface area (Å²) in [6, 6.07) is 7.51. The van der Waals surface area contributed by atoms with Crippen LogP contribution in [-0.2, 0) is 20.9 Å². The van der Waals surface area contributed by atoms with Crippen molar-refractivity contribution in [3.05, 3.63) is 29.8 Å². The number of benzene rings is 1. The number of nitrogens with zero attached hydrogens (tertiary/aromatic N) is 4. The van der Waals surface area contributed by atoms with Gasteiger partial charge in [-0.2, -0.15) is 0 Å². The van der Waals surface area contributed by atoms with Crippen LogP contribution in [0.4, 0.5) is 10.5 Å². The largest absolute Gasteiger partial charge is 3.00 e. The first-order chi connectivity index (χ1) is 21.2. The standard InChI is InChI=1S/C29H50N8O7.Gd/c30-8-1-2-9-31-10-3-11-32-20-24-4-6-25(7-5-24)33-26(38)21-34-12-13-35(22-27(39)40)14-15-36(23-28(41)42)17-19-37(18-16-34)29(43)44;/h4-7,31-32H,1-3,8-23,30H2,(H,33,38)(H,39,40)(H,41,42)(H,43,44);/q;+3/p-3. The van der Waals surface area contributed by atoms with Gasteiger partial charge in [0.25, 0.3) is 0 Å². The molecule has 0 unspecified atom stereocenters. The molecule has 1 aliphatic rings. The Kier molecular flexibility index (Phi) is 22.1. The molecule has 1 fully saturated rings. The third-order valence-electron chi connectivity index (χ3n) is 7.25. The molecule has 0 atom stereocenters. The van der Waals surface area contributed by atoms with E-state index in [2.05, 4.69) is 16.0 Å². The average molecular weight is 777 g/mol. The van der Waals surface area contributed by atoms with Crippen LogP contribution in [0, 0.1) is 39.9 Å². The molecule has 0 aromatic heterocycles. The molecule has 15 nitrogen and oxygen atoms in total. The smallest absolute Gasteiger partial charge is 0.549 e. The van der Waals surface area contributed by atoms with E-state index in [0.29, 0.717) is 12.2 Å². The second kappa shape index (κ2) is 24.2. The van der Waals surface area contributed by atoms with Crippen molar-refractivity contribution in [2.75, 3.05) is 103 Å². The first kappa shape index (κ1) is 41.0. The van der Waals surface area contributed by atoms with Gasteiger partial charge in [0.2, 0.25) is 5.91 Å². The zero-order valence-electron chi connectivity index (χ0n) is 25.8. The van der Waals surface area contributed by atoms with Crippen LogP contribution in [0.3, 0.4) is 0 Å². The number of carbonyl (C=O) groups is 4. The molecular weight excluding hydrogens is 730 g/mol.